The summed E-state index contributed by atoms with van der Waals surface area (Å²) in [7, 11) is 1.85. The minimum Gasteiger partial charge on any atom is -0.275 e. The molecule has 0 spiro atoms. The number of aryl methyl sites for hydroxylation is 1. The Kier molecular flexibility index (Phi) is 3.14. The Morgan fingerprint density at radius 2 is 2.11 bits per heavy atom. The predicted octanol–water partition coefficient (Wildman–Crippen LogP) is 3.12. The SMILES string of the molecule is CC(C)c1nn(C)cc1-c1cccc([N+](=O)[O-])c1. The van der Waals surface area contributed by atoms with Crippen LogP contribution in [0.2, 0.25) is 0 Å². The average molecular weight is 245 g/mol. The van der Waals surface area contributed by atoms with Gasteiger partial charge in [0.05, 0.1) is 10.6 Å². The molecule has 5 heteroatoms. The van der Waals surface area contributed by atoms with Crippen LogP contribution in [0.25, 0.3) is 11.1 Å². The van der Waals surface area contributed by atoms with Crippen molar-refractivity contribution >= 4 is 5.69 Å². The monoisotopic (exact) mass is 245 g/mol. The highest BCUT2D eigenvalue weighted by Crippen LogP contribution is 2.29. The second-order valence-corrected chi connectivity index (χ2v) is 4.56. The molecule has 0 atom stereocenters. The summed E-state index contributed by atoms with van der Waals surface area (Å²) in [4.78, 5) is 10.4. The number of non-ortho nitro benzene ring substituents is 1. The summed E-state index contributed by atoms with van der Waals surface area (Å²) in [5.74, 6) is 0.278. The molecule has 1 aromatic heterocycles. The van der Waals surface area contributed by atoms with E-state index in [2.05, 4.69) is 18.9 Å². The second-order valence-electron chi connectivity index (χ2n) is 4.56. The molecule has 0 bridgehead atoms. The van der Waals surface area contributed by atoms with Gasteiger partial charge in [-0.2, -0.15) is 5.10 Å². The molecule has 0 aliphatic carbocycles. The minimum absolute atomic E-state index is 0.103. The first kappa shape index (κ1) is 12.3. The Morgan fingerprint density at radius 1 is 1.39 bits per heavy atom. The number of rotatable bonds is 3. The zero-order valence-electron chi connectivity index (χ0n) is 10.6. The van der Waals surface area contributed by atoms with Crippen LogP contribution in [0.4, 0.5) is 5.69 Å². The second kappa shape index (κ2) is 4.60. The number of nitrogens with zero attached hydrogens (tertiary/aromatic N) is 3. The Hall–Kier alpha value is -2.17. The normalized spacial score (nSPS) is 10.9. The molecular weight excluding hydrogens is 230 g/mol. The molecule has 0 unspecified atom stereocenters. The van der Waals surface area contributed by atoms with Crippen molar-refractivity contribution in [2.75, 3.05) is 0 Å². The third-order valence-electron chi connectivity index (χ3n) is 2.77. The Bertz CT molecular complexity index is 588. The van der Waals surface area contributed by atoms with Crippen molar-refractivity contribution in [2.45, 2.75) is 19.8 Å². The number of hydrogen-bond donors (Lipinski definition) is 0. The zero-order valence-corrected chi connectivity index (χ0v) is 10.6. The zero-order chi connectivity index (χ0) is 13.3. The van der Waals surface area contributed by atoms with E-state index in [0.717, 1.165) is 16.8 Å². The van der Waals surface area contributed by atoms with Gasteiger partial charge in [-0.3, -0.25) is 14.8 Å². The van der Waals surface area contributed by atoms with Crippen LogP contribution in [0.3, 0.4) is 0 Å². The standard InChI is InChI=1S/C13H15N3O2/c1-9(2)13-12(8-15(3)14-13)10-5-4-6-11(7-10)16(17)18/h4-9H,1-3H3. The summed E-state index contributed by atoms with van der Waals surface area (Å²) in [6.07, 6.45) is 1.90. The van der Waals surface area contributed by atoms with E-state index in [1.807, 2.05) is 19.3 Å². The van der Waals surface area contributed by atoms with Gasteiger partial charge >= 0.3 is 0 Å². The van der Waals surface area contributed by atoms with E-state index in [4.69, 9.17) is 0 Å². The molecule has 5 nitrogen and oxygen atoms in total. The van der Waals surface area contributed by atoms with Crippen LogP contribution in [0.5, 0.6) is 0 Å². The summed E-state index contributed by atoms with van der Waals surface area (Å²) in [5, 5.41) is 15.2. The van der Waals surface area contributed by atoms with Crippen LogP contribution in [-0.2, 0) is 7.05 Å². The van der Waals surface area contributed by atoms with Crippen LogP contribution in [0.15, 0.2) is 30.5 Å². The lowest BCUT2D eigenvalue weighted by Crippen LogP contribution is -1.94. The highest BCUT2D eigenvalue weighted by Gasteiger charge is 2.15. The topological polar surface area (TPSA) is 61.0 Å². The molecule has 1 heterocycles. The molecule has 1 aromatic carbocycles. The van der Waals surface area contributed by atoms with Crippen LogP contribution < -0.4 is 0 Å². The first-order valence-corrected chi connectivity index (χ1v) is 5.77. The highest BCUT2D eigenvalue weighted by atomic mass is 16.6. The molecule has 0 N–H and O–H groups in total. The summed E-state index contributed by atoms with van der Waals surface area (Å²) in [6, 6.07) is 6.65. The number of hydrogen-bond acceptors (Lipinski definition) is 3. The quantitative estimate of drug-likeness (QED) is 0.616. The van der Waals surface area contributed by atoms with Gasteiger partial charge in [-0.15, -0.1) is 0 Å². The van der Waals surface area contributed by atoms with Crippen LogP contribution in [-0.4, -0.2) is 14.7 Å². The highest BCUT2D eigenvalue weighted by molar-refractivity contribution is 5.68. The molecule has 94 valence electrons. The van der Waals surface area contributed by atoms with Gasteiger partial charge in [0.25, 0.3) is 5.69 Å². The van der Waals surface area contributed by atoms with Crippen LogP contribution >= 0.6 is 0 Å². The van der Waals surface area contributed by atoms with Gasteiger partial charge in [0.1, 0.15) is 0 Å². The van der Waals surface area contributed by atoms with Crippen LogP contribution in [0, 0.1) is 10.1 Å². The van der Waals surface area contributed by atoms with Crippen LogP contribution in [0.1, 0.15) is 25.5 Å². The van der Waals surface area contributed by atoms with E-state index in [1.54, 1.807) is 16.8 Å². The first-order chi connectivity index (χ1) is 8.49. The van der Waals surface area contributed by atoms with Crippen molar-refractivity contribution in [1.29, 1.82) is 0 Å². The van der Waals surface area contributed by atoms with Crippen molar-refractivity contribution in [3.8, 4) is 11.1 Å². The van der Waals surface area contributed by atoms with E-state index < -0.39 is 0 Å². The number of aromatic nitrogens is 2. The van der Waals surface area contributed by atoms with Gasteiger partial charge in [0.2, 0.25) is 0 Å². The molecule has 2 rings (SSSR count). The van der Waals surface area contributed by atoms with Crippen molar-refractivity contribution in [2.24, 2.45) is 7.05 Å². The molecule has 0 fully saturated rings. The van der Waals surface area contributed by atoms with E-state index in [0.29, 0.717) is 0 Å². The van der Waals surface area contributed by atoms with Crippen molar-refractivity contribution in [1.82, 2.24) is 9.78 Å². The molecule has 0 radical (unpaired) electrons. The Balaban J connectivity index is 2.54. The summed E-state index contributed by atoms with van der Waals surface area (Å²) >= 11 is 0. The van der Waals surface area contributed by atoms with Gasteiger partial charge in [0, 0.05) is 30.9 Å². The maximum atomic E-state index is 10.8. The number of nitro groups is 1. The molecule has 0 aliphatic rings. The smallest absolute Gasteiger partial charge is 0.270 e. The molecule has 0 aliphatic heterocycles. The number of benzene rings is 1. The molecule has 0 amide bonds. The third-order valence-corrected chi connectivity index (χ3v) is 2.77. The average Bonchev–Trinajstić information content (AvgIpc) is 2.72. The number of nitro benzene ring substituents is 1. The largest absolute Gasteiger partial charge is 0.275 e. The minimum atomic E-state index is -0.380. The van der Waals surface area contributed by atoms with Gasteiger partial charge in [0.15, 0.2) is 0 Å². The molecule has 2 aromatic rings. The molecule has 0 saturated heterocycles. The van der Waals surface area contributed by atoms with Gasteiger partial charge < -0.3 is 0 Å². The Labute approximate surface area is 105 Å². The summed E-state index contributed by atoms with van der Waals surface area (Å²) < 4.78 is 1.74. The van der Waals surface area contributed by atoms with Gasteiger partial charge in [-0.1, -0.05) is 26.0 Å². The fourth-order valence-electron chi connectivity index (χ4n) is 1.94. The van der Waals surface area contributed by atoms with E-state index >= 15 is 0 Å². The van der Waals surface area contributed by atoms with Crippen molar-refractivity contribution in [3.05, 3.63) is 46.3 Å². The van der Waals surface area contributed by atoms with Crippen molar-refractivity contribution < 1.29 is 4.92 Å². The molecule has 18 heavy (non-hydrogen) atoms. The Morgan fingerprint density at radius 3 is 2.72 bits per heavy atom. The lowest BCUT2D eigenvalue weighted by atomic mass is 10.00. The molecular formula is C13H15N3O2. The third kappa shape index (κ3) is 2.25. The van der Waals surface area contributed by atoms with E-state index in [9.17, 15) is 10.1 Å². The summed E-state index contributed by atoms with van der Waals surface area (Å²) in [6.45, 7) is 4.12. The van der Waals surface area contributed by atoms with E-state index in [-0.39, 0.29) is 16.5 Å². The lowest BCUT2D eigenvalue weighted by Gasteiger charge is -2.05. The fraction of sp³-hybridized carbons (Fsp3) is 0.308. The maximum Gasteiger partial charge on any atom is 0.270 e. The maximum absolute atomic E-state index is 10.8. The lowest BCUT2D eigenvalue weighted by molar-refractivity contribution is -0.384. The van der Waals surface area contributed by atoms with E-state index in [1.165, 1.54) is 6.07 Å². The summed E-state index contributed by atoms with van der Waals surface area (Å²) in [5.41, 5.74) is 2.85. The van der Waals surface area contributed by atoms with Gasteiger partial charge in [-0.25, -0.2) is 0 Å². The fourth-order valence-corrected chi connectivity index (χ4v) is 1.94. The molecule has 0 saturated carbocycles. The predicted molar refractivity (Wildman–Crippen MR) is 69.4 cm³/mol. The van der Waals surface area contributed by atoms with Gasteiger partial charge in [-0.05, 0) is 11.5 Å². The first-order valence-electron chi connectivity index (χ1n) is 5.77. The van der Waals surface area contributed by atoms with Crippen molar-refractivity contribution in [3.63, 3.8) is 0 Å².